The van der Waals surface area contributed by atoms with Crippen LogP contribution in [0.5, 0.6) is 17.5 Å². The Morgan fingerprint density at radius 3 is 2.47 bits per heavy atom. The molecule has 2 aromatic heterocycles. The van der Waals surface area contributed by atoms with Crippen LogP contribution in [0.3, 0.4) is 0 Å². The number of hydrogen-bond acceptors (Lipinski definition) is 8. The van der Waals surface area contributed by atoms with Gasteiger partial charge in [-0.1, -0.05) is 6.07 Å². The highest BCUT2D eigenvalue weighted by atomic mass is 32.2. The number of aromatic nitrogens is 3. The highest BCUT2D eigenvalue weighted by Crippen LogP contribution is 2.52. The Hall–Kier alpha value is -3.88. The summed E-state index contributed by atoms with van der Waals surface area (Å²) in [5.41, 5.74) is -5.09. The molecular weight excluding hydrogens is 537 g/mol. The highest BCUT2D eigenvalue weighted by Gasteiger charge is 2.48. The number of methoxy groups -OCH3 is 1. The minimum atomic E-state index is -4.98. The van der Waals surface area contributed by atoms with Gasteiger partial charge in [0.1, 0.15) is 11.2 Å². The number of amides is 1. The topological polar surface area (TPSA) is 127 Å². The number of nitrogens with one attached hydrogen (secondary N) is 2. The number of halogens is 5. The van der Waals surface area contributed by atoms with Crippen molar-refractivity contribution in [2.45, 2.75) is 36.5 Å². The van der Waals surface area contributed by atoms with Crippen molar-refractivity contribution < 1.29 is 40.4 Å². The second kappa shape index (κ2) is 9.45. The van der Waals surface area contributed by atoms with Gasteiger partial charge in [-0.2, -0.15) is 13.2 Å². The van der Waals surface area contributed by atoms with Gasteiger partial charge in [0.05, 0.1) is 16.8 Å². The fourth-order valence-corrected chi connectivity index (χ4v) is 4.29. The standard InChI is InChI=1S/C23H20F5N5O4S/c1-11-15(19(34)31-12-5-4-6-13(9-12)38(3,29)35)20(33-32-18(11)23(26,27)28)37-21-17(36-2)16(24)14(10-30-21)22(25)7-8-22/h4-6,9-10,29H,7-8H2,1-3H3,(H,31,34). The molecule has 0 bridgehead atoms. The zero-order chi connectivity index (χ0) is 28.0. The van der Waals surface area contributed by atoms with Crippen molar-refractivity contribution in [1.29, 1.82) is 4.78 Å². The predicted molar refractivity (Wildman–Crippen MR) is 124 cm³/mol. The van der Waals surface area contributed by atoms with Gasteiger partial charge in [0.25, 0.3) is 17.7 Å². The van der Waals surface area contributed by atoms with Crippen LogP contribution in [0, 0.1) is 17.5 Å². The van der Waals surface area contributed by atoms with Gasteiger partial charge < -0.3 is 14.8 Å². The third-order valence-electron chi connectivity index (χ3n) is 5.73. The molecule has 4 rings (SSSR count). The summed E-state index contributed by atoms with van der Waals surface area (Å²) < 4.78 is 100. The Morgan fingerprint density at radius 1 is 1.21 bits per heavy atom. The van der Waals surface area contributed by atoms with Crippen LogP contribution in [-0.4, -0.2) is 38.7 Å². The van der Waals surface area contributed by atoms with Gasteiger partial charge >= 0.3 is 6.18 Å². The Kier molecular flexibility index (Phi) is 6.76. The number of benzene rings is 1. The summed E-state index contributed by atoms with van der Waals surface area (Å²) >= 11 is 0. The summed E-state index contributed by atoms with van der Waals surface area (Å²) in [5, 5.41) is 8.87. The van der Waals surface area contributed by atoms with E-state index in [9.17, 15) is 31.0 Å². The van der Waals surface area contributed by atoms with E-state index in [0.29, 0.717) is 0 Å². The lowest BCUT2D eigenvalue weighted by molar-refractivity contribution is -0.142. The summed E-state index contributed by atoms with van der Waals surface area (Å²) in [4.78, 5) is 17.1. The van der Waals surface area contributed by atoms with Gasteiger partial charge in [-0.15, -0.1) is 10.2 Å². The zero-order valence-corrected chi connectivity index (χ0v) is 20.9. The number of nitrogens with zero attached hydrogens (tertiary/aromatic N) is 3. The van der Waals surface area contributed by atoms with Crippen LogP contribution in [0.1, 0.15) is 40.0 Å². The Balaban J connectivity index is 1.78. The fourth-order valence-electron chi connectivity index (χ4n) is 3.60. The van der Waals surface area contributed by atoms with Crippen molar-refractivity contribution in [2.24, 2.45) is 0 Å². The first-order chi connectivity index (χ1) is 17.7. The molecule has 1 aliphatic rings. The number of rotatable bonds is 7. The molecule has 2 heterocycles. The van der Waals surface area contributed by atoms with Crippen LogP contribution in [0.4, 0.5) is 27.6 Å². The maximum Gasteiger partial charge on any atom is 0.435 e. The molecule has 3 aromatic rings. The zero-order valence-electron chi connectivity index (χ0n) is 20.1. The fraction of sp³-hybridized carbons (Fsp3) is 0.304. The van der Waals surface area contributed by atoms with Crippen LogP contribution in [0.25, 0.3) is 0 Å². The lowest BCUT2D eigenvalue weighted by Crippen LogP contribution is -2.21. The quantitative estimate of drug-likeness (QED) is 0.373. The Morgan fingerprint density at radius 2 is 1.89 bits per heavy atom. The van der Waals surface area contributed by atoms with Gasteiger partial charge in [0.2, 0.25) is 5.75 Å². The minimum absolute atomic E-state index is 0.0221. The summed E-state index contributed by atoms with van der Waals surface area (Å²) in [6.45, 7) is 0.965. The first-order valence-electron chi connectivity index (χ1n) is 10.8. The molecule has 202 valence electrons. The summed E-state index contributed by atoms with van der Waals surface area (Å²) in [6.07, 6.45) is -2.79. The number of carbonyl (C=O) groups is 1. The average Bonchev–Trinajstić information content (AvgIpc) is 3.56. The Labute approximate surface area is 213 Å². The lowest BCUT2D eigenvalue weighted by atomic mass is 10.1. The van der Waals surface area contributed by atoms with Crippen LogP contribution < -0.4 is 14.8 Å². The highest BCUT2D eigenvalue weighted by molar-refractivity contribution is 7.91. The van der Waals surface area contributed by atoms with Gasteiger partial charge in [0, 0.05) is 28.6 Å². The van der Waals surface area contributed by atoms with Crippen LogP contribution in [0.2, 0.25) is 0 Å². The molecular formula is C23H20F5N5O4S. The van der Waals surface area contributed by atoms with Gasteiger partial charge in [-0.05, 0) is 43.5 Å². The second-order valence-corrected chi connectivity index (χ2v) is 10.7. The van der Waals surface area contributed by atoms with E-state index >= 15 is 0 Å². The van der Waals surface area contributed by atoms with Crippen molar-refractivity contribution >= 4 is 21.3 Å². The van der Waals surface area contributed by atoms with E-state index in [4.69, 9.17) is 14.3 Å². The van der Waals surface area contributed by atoms with Crippen LogP contribution >= 0.6 is 0 Å². The summed E-state index contributed by atoms with van der Waals surface area (Å²) in [5.74, 6) is -4.27. The van der Waals surface area contributed by atoms with Crippen molar-refractivity contribution in [2.75, 3.05) is 18.7 Å². The second-order valence-electron chi connectivity index (χ2n) is 8.57. The number of carbonyl (C=O) groups excluding carboxylic acids is 1. The van der Waals surface area contributed by atoms with Crippen molar-refractivity contribution in [3.63, 3.8) is 0 Å². The molecule has 1 fully saturated rings. The maximum atomic E-state index is 15.0. The molecule has 2 N–H and O–H groups in total. The predicted octanol–water partition coefficient (Wildman–Crippen LogP) is 5.39. The number of pyridine rings is 1. The van der Waals surface area contributed by atoms with Crippen LogP contribution in [-0.2, 0) is 21.6 Å². The van der Waals surface area contributed by atoms with Gasteiger partial charge in [-0.3, -0.25) is 4.79 Å². The van der Waals surface area contributed by atoms with Crippen LogP contribution in [0.15, 0.2) is 35.4 Å². The lowest BCUT2D eigenvalue weighted by Gasteiger charge is -2.17. The number of ether oxygens (including phenoxy) is 2. The van der Waals surface area contributed by atoms with E-state index in [1.54, 1.807) is 0 Å². The molecule has 38 heavy (non-hydrogen) atoms. The normalized spacial score (nSPS) is 15.9. The third kappa shape index (κ3) is 5.23. The number of alkyl halides is 4. The van der Waals surface area contributed by atoms with E-state index < -0.39 is 67.6 Å². The first-order valence-corrected chi connectivity index (χ1v) is 12.8. The molecule has 15 heteroatoms. The van der Waals surface area contributed by atoms with E-state index in [1.807, 2.05) is 0 Å². The maximum absolute atomic E-state index is 15.0. The molecule has 0 aliphatic heterocycles. The van der Waals surface area contributed by atoms with E-state index in [-0.39, 0.29) is 29.0 Å². The molecule has 0 radical (unpaired) electrons. The van der Waals surface area contributed by atoms with E-state index in [1.165, 1.54) is 24.3 Å². The average molecular weight is 558 g/mol. The molecule has 1 aliphatic carbocycles. The minimum Gasteiger partial charge on any atom is -0.489 e. The molecule has 1 saturated carbocycles. The first kappa shape index (κ1) is 27.2. The van der Waals surface area contributed by atoms with Gasteiger partial charge in [-0.25, -0.2) is 22.8 Å². The molecule has 1 amide bonds. The summed E-state index contributed by atoms with van der Waals surface area (Å²) in [6, 6.07) is 5.38. The largest absolute Gasteiger partial charge is 0.489 e. The SMILES string of the molecule is COc1c(Oc2nnc(C(F)(F)F)c(C)c2C(=O)Nc2cccc(S(C)(=N)=O)c2)ncc(C2(F)CC2)c1F. The van der Waals surface area contributed by atoms with Gasteiger partial charge in [0.15, 0.2) is 11.5 Å². The van der Waals surface area contributed by atoms with E-state index in [2.05, 4.69) is 20.5 Å². The number of anilines is 1. The molecule has 0 saturated heterocycles. The molecule has 0 spiro atoms. The smallest absolute Gasteiger partial charge is 0.435 e. The monoisotopic (exact) mass is 557 g/mol. The van der Waals surface area contributed by atoms with Crippen molar-refractivity contribution in [1.82, 2.24) is 15.2 Å². The third-order valence-corrected chi connectivity index (χ3v) is 6.89. The number of hydrogen-bond donors (Lipinski definition) is 2. The molecule has 1 aromatic carbocycles. The molecule has 1 atom stereocenters. The summed E-state index contributed by atoms with van der Waals surface area (Å²) in [7, 11) is -2.11. The molecule has 9 nitrogen and oxygen atoms in total. The molecule has 1 unspecified atom stereocenters. The van der Waals surface area contributed by atoms with E-state index in [0.717, 1.165) is 26.5 Å². The van der Waals surface area contributed by atoms with Crippen molar-refractivity contribution in [3.05, 3.63) is 58.7 Å². The Bertz CT molecular complexity index is 1540. The van der Waals surface area contributed by atoms with Crippen molar-refractivity contribution in [3.8, 4) is 17.5 Å².